The van der Waals surface area contributed by atoms with Crippen molar-refractivity contribution < 1.29 is 22.7 Å². The third-order valence-corrected chi connectivity index (χ3v) is 10.5. The predicted molar refractivity (Wildman–Crippen MR) is 158 cm³/mol. The van der Waals surface area contributed by atoms with Gasteiger partial charge >= 0.3 is 5.97 Å². The molecule has 3 aromatic rings. The number of nitrogens with zero attached hydrogens (tertiary/aromatic N) is 3. The zero-order valence-corrected chi connectivity index (χ0v) is 25.6. The number of nitrogens with two attached hydrogens (primary N) is 1. The zero-order valence-electron chi connectivity index (χ0n) is 24.7. The highest BCUT2D eigenvalue weighted by Crippen LogP contribution is 2.59. The van der Waals surface area contributed by atoms with Gasteiger partial charge in [-0.25, -0.2) is 28.2 Å². The predicted octanol–water partition coefficient (Wildman–Crippen LogP) is 4.92. The van der Waals surface area contributed by atoms with E-state index in [1.165, 1.54) is 6.26 Å². The van der Waals surface area contributed by atoms with Crippen LogP contribution in [-0.2, 0) is 25.5 Å². The van der Waals surface area contributed by atoms with Gasteiger partial charge in [-0.2, -0.15) is 0 Å². The first-order chi connectivity index (χ1) is 19.1. The summed E-state index contributed by atoms with van der Waals surface area (Å²) in [6.45, 7) is 11.4. The molecule has 5 rings (SSSR count). The number of nitrogens with one attached hydrogen (secondary N) is 1. The number of hydrogen-bond acceptors (Lipinski definition) is 10. The molecule has 0 aromatic carbocycles. The first-order valence-corrected chi connectivity index (χ1v) is 16.0. The molecule has 4 heterocycles. The lowest BCUT2D eigenvalue weighted by molar-refractivity contribution is -0.0285. The molecular weight excluding hydrogens is 542 g/mol. The molecule has 2 aliphatic rings. The third kappa shape index (κ3) is 5.25. The number of aromatic nitrogens is 3. The highest BCUT2D eigenvalue weighted by atomic mass is 32.2. The van der Waals surface area contributed by atoms with E-state index in [4.69, 9.17) is 20.2 Å². The molecule has 1 aliphatic carbocycles. The van der Waals surface area contributed by atoms with E-state index >= 15 is 0 Å². The second-order valence-electron chi connectivity index (χ2n) is 12.4. The van der Waals surface area contributed by atoms with Crippen LogP contribution in [0.2, 0.25) is 0 Å². The van der Waals surface area contributed by atoms with Crippen LogP contribution in [0, 0.1) is 0 Å². The fourth-order valence-electron chi connectivity index (χ4n) is 5.62. The quantitative estimate of drug-likeness (QED) is 0.334. The van der Waals surface area contributed by atoms with Crippen LogP contribution in [0.4, 0.5) is 11.6 Å². The number of rotatable bonds is 9. The average Bonchev–Trinajstić information content (AvgIpc) is 3.69. The van der Waals surface area contributed by atoms with E-state index in [2.05, 4.69) is 15.3 Å². The van der Waals surface area contributed by atoms with E-state index in [-0.39, 0.29) is 17.5 Å². The number of carbonyl (C=O) groups is 1. The minimum absolute atomic E-state index is 0.274. The summed E-state index contributed by atoms with van der Waals surface area (Å²) in [6, 6.07) is 5.42. The lowest BCUT2D eigenvalue weighted by Gasteiger charge is -2.39. The van der Waals surface area contributed by atoms with Crippen LogP contribution in [-0.4, -0.2) is 52.5 Å². The van der Waals surface area contributed by atoms with Crippen molar-refractivity contribution in [1.29, 1.82) is 0 Å². The SMILES string of the molecule is CC[C@@](C)(N)c1cnc(O[C@H](C)CC(C)S(C)(=O)=O)c2cnc(Nc3ccc4c(n3)C3(CC3)C(C)(C)OC4=O)cc12. The molecule has 3 aromatic heterocycles. The Hall–Kier alpha value is -3.31. The Morgan fingerprint density at radius 1 is 1.15 bits per heavy atom. The molecule has 11 heteroatoms. The number of hydrogen-bond donors (Lipinski definition) is 2. The highest BCUT2D eigenvalue weighted by Gasteiger charge is 2.63. The lowest BCUT2D eigenvalue weighted by Crippen LogP contribution is -2.46. The number of anilines is 2. The van der Waals surface area contributed by atoms with Gasteiger partial charge in [-0.15, -0.1) is 0 Å². The van der Waals surface area contributed by atoms with E-state index < -0.39 is 26.2 Å². The van der Waals surface area contributed by atoms with E-state index in [0.717, 1.165) is 29.5 Å². The van der Waals surface area contributed by atoms with Gasteiger partial charge < -0.3 is 20.5 Å². The van der Waals surface area contributed by atoms with Crippen LogP contribution >= 0.6 is 0 Å². The van der Waals surface area contributed by atoms with Crippen LogP contribution < -0.4 is 15.8 Å². The van der Waals surface area contributed by atoms with Gasteiger partial charge in [-0.05, 0) is 83.0 Å². The van der Waals surface area contributed by atoms with Crippen LogP contribution in [0.25, 0.3) is 10.8 Å². The fourth-order valence-corrected chi connectivity index (χ4v) is 6.24. The molecule has 41 heavy (non-hydrogen) atoms. The van der Waals surface area contributed by atoms with Crippen molar-refractivity contribution in [2.24, 2.45) is 5.73 Å². The first kappa shape index (κ1) is 29.2. The Morgan fingerprint density at radius 3 is 2.49 bits per heavy atom. The molecule has 10 nitrogen and oxygen atoms in total. The van der Waals surface area contributed by atoms with Crippen LogP contribution in [0.5, 0.6) is 5.88 Å². The smallest absolute Gasteiger partial charge is 0.340 e. The summed E-state index contributed by atoms with van der Waals surface area (Å²) in [5.41, 5.74) is 7.24. The monoisotopic (exact) mass is 581 g/mol. The standard InChI is InChI=1S/C30H39N5O5S/c1-8-29(6,31)22-16-33-26(39-17(2)13-18(3)41(7,37)38)21-15-32-24(14-20(21)22)34-23-10-9-19-25(35-23)30(11-12-30)28(4,5)40-27(19)36/h9-10,14-18H,8,11-13,31H2,1-7H3,(H,32,34,35)/t17-,18?,29-/m1/s1. The third-order valence-electron chi connectivity index (χ3n) is 8.87. The van der Waals surface area contributed by atoms with Crippen molar-refractivity contribution in [3.63, 3.8) is 0 Å². The molecule has 1 unspecified atom stereocenters. The normalized spacial score (nSPS) is 20.0. The van der Waals surface area contributed by atoms with E-state index in [0.29, 0.717) is 41.3 Å². The molecule has 1 saturated carbocycles. The van der Waals surface area contributed by atoms with Crippen LogP contribution in [0.3, 0.4) is 0 Å². The first-order valence-electron chi connectivity index (χ1n) is 14.0. The number of cyclic esters (lactones) is 1. The van der Waals surface area contributed by atoms with Crippen molar-refractivity contribution in [2.45, 2.75) is 95.1 Å². The highest BCUT2D eigenvalue weighted by molar-refractivity contribution is 7.91. The van der Waals surface area contributed by atoms with E-state index in [9.17, 15) is 13.2 Å². The van der Waals surface area contributed by atoms with Crippen molar-refractivity contribution in [2.75, 3.05) is 11.6 Å². The van der Waals surface area contributed by atoms with Crippen molar-refractivity contribution >= 4 is 38.2 Å². The fraction of sp³-hybridized carbons (Fsp3) is 0.533. The number of ether oxygens (including phenoxy) is 2. The van der Waals surface area contributed by atoms with Crippen molar-refractivity contribution in [3.05, 3.63) is 47.4 Å². The number of fused-ring (bicyclic) bond motifs is 3. The molecule has 3 atom stereocenters. The molecule has 220 valence electrons. The second kappa shape index (κ2) is 9.90. The lowest BCUT2D eigenvalue weighted by atomic mass is 9.80. The number of sulfone groups is 1. The molecule has 1 spiro atoms. The molecule has 0 saturated heterocycles. The molecular formula is C30H39N5O5S. The number of esters is 1. The van der Waals surface area contributed by atoms with Gasteiger partial charge in [0.05, 0.1) is 33.4 Å². The molecule has 1 fully saturated rings. The minimum atomic E-state index is -3.19. The number of pyridine rings is 3. The van der Waals surface area contributed by atoms with Crippen LogP contribution in [0.1, 0.15) is 88.8 Å². The topological polar surface area (TPSA) is 146 Å². The maximum Gasteiger partial charge on any atom is 0.340 e. The second-order valence-corrected chi connectivity index (χ2v) is 14.8. The summed E-state index contributed by atoms with van der Waals surface area (Å²) < 4.78 is 35.8. The molecule has 1 aliphatic heterocycles. The van der Waals surface area contributed by atoms with Gasteiger partial charge in [0.25, 0.3) is 0 Å². The van der Waals surface area contributed by atoms with Gasteiger partial charge in [0.1, 0.15) is 27.1 Å². The van der Waals surface area contributed by atoms with E-state index in [1.54, 1.807) is 31.5 Å². The van der Waals surface area contributed by atoms with Crippen molar-refractivity contribution in [1.82, 2.24) is 15.0 Å². The van der Waals surface area contributed by atoms with Gasteiger partial charge in [0, 0.05) is 30.6 Å². The summed E-state index contributed by atoms with van der Waals surface area (Å²) >= 11 is 0. The molecule has 3 N–H and O–H groups in total. The van der Waals surface area contributed by atoms with Crippen LogP contribution in [0.15, 0.2) is 30.6 Å². The molecule has 0 bridgehead atoms. The maximum absolute atomic E-state index is 12.7. The van der Waals surface area contributed by atoms with Gasteiger partial charge in [-0.3, -0.25) is 0 Å². The largest absolute Gasteiger partial charge is 0.474 e. The van der Waals surface area contributed by atoms with Gasteiger partial charge in [0.15, 0.2) is 0 Å². The summed E-state index contributed by atoms with van der Waals surface area (Å²) in [5.74, 6) is 1.15. The summed E-state index contributed by atoms with van der Waals surface area (Å²) in [5, 5.41) is 4.27. The maximum atomic E-state index is 12.7. The zero-order chi connectivity index (χ0) is 30.0. The Bertz CT molecular complexity index is 1630. The molecule has 0 amide bonds. The summed E-state index contributed by atoms with van der Waals surface area (Å²) in [7, 11) is -3.19. The minimum Gasteiger partial charge on any atom is -0.474 e. The Balaban J connectivity index is 1.51. The van der Waals surface area contributed by atoms with Crippen molar-refractivity contribution in [3.8, 4) is 5.88 Å². The van der Waals surface area contributed by atoms with Gasteiger partial charge in [0.2, 0.25) is 5.88 Å². The number of carbonyl (C=O) groups excluding carboxylic acids is 1. The van der Waals surface area contributed by atoms with E-state index in [1.807, 2.05) is 40.7 Å². The Morgan fingerprint density at radius 2 is 1.85 bits per heavy atom. The summed E-state index contributed by atoms with van der Waals surface area (Å²) in [6.07, 6.45) is 7.08. The average molecular weight is 582 g/mol. The Kier molecular flexibility index (Phi) is 7.05. The summed E-state index contributed by atoms with van der Waals surface area (Å²) in [4.78, 5) is 26.7. The molecule has 0 radical (unpaired) electrons. The Labute approximate surface area is 241 Å². The van der Waals surface area contributed by atoms with Gasteiger partial charge in [-0.1, -0.05) is 6.92 Å².